The highest BCUT2D eigenvalue weighted by Crippen LogP contribution is 2.22. The predicted molar refractivity (Wildman–Crippen MR) is 118 cm³/mol. The minimum Gasteiger partial charge on any atom is -0.372 e. The molecule has 1 N–H and O–H groups in total. The third-order valence-corrected chi connectivity index (χ3v) is 5.45. The number of amides is 1. The Morgan fingerprint density at radius 3 is 2.37 bits per heavy atom. The van der Waals surface area contributed by atoms with E-state index in [-0.39, 0.29) is 12.5 Å². The highest BCUT2D eigenvalue weighted by Gasteiger charge is 2.12. The van der Waals surface area contributed by atoms with Crippen LogP contribution in [0.3, 0.4) is 0 Å². The van der Waals surface area contributed by atoms with Crippen molar-refractivity contribution in [3.63, 3.8) is 0 Å². The lowest BCUT2D eigenvalue weighted by atomic mass is 10.0. The predicted octanol–water partition coefficient (Wildman–Crippen LogP) is 4.09. The van der Waals surface area contributed by atoms with Crippen molar-refractivity contribution >= 4 is 17.3 Å². The SMILES string of the molecule is CC(C)c1ccc(-c2nnn(CC(=O)Nc3ccc(N4CCCCC4)cc3)n2)cc1. The molecule has 156 valence electrons. The summed E-state index contributed by atoms with van der Waals surface area (Å²) in [6.07, 6.45) is 3.80. The summed E-state index contributed by atoms with van der Waals surface area (Å²) in [6, 6.07) is 16.1. The number of hydrogen-bond donors (Lipinski definition) is 1. The van der Waals surface area contributed by atoms with Crippen molar-refractivity contribution in [1.82, 2.24) is 20.2 Å². The molecule has 7 heteroatoms. The van der Waals surface area contributed by atoms with Gasteiger partial charge < -0.3 is 10.2 Å². The van der Waals surface area contributed by atoms with Crippen molar-refractivity contribution in [2.24, 2.45) is 0 Å². The molecule has 1 aliphatic rings. The fourth-order valence-corrected chi connectivity index (χ4v) is 3.68. The minimum atomic E-state index is -0.181. The molecule has 1 aliphatic heterocycles. The summed E-state index contributed by atoms with van der Waals surface area (Å²) in [5.41, 5.74) is 4.13. The van der Waals surface area contributed by atoms with Crippen LogP contribution in [-0.2, 0) is 11.3 Å². The van der Waals surface area contributed by atoms with E-state index in [2.05, 4.69) is 63.7 Å². The van der Waals surface area contributed by atoms with Gasteiger partial charge in [-0.25, -0.2) is 0 Å². The quantitative estimate of drug-likeness (QED) is 0.670. The molecule has 1 aromatic heterocycles. The molecule has 7 nitrogen and oxygen atoms in total. The van der Waals surface area contributed by atoms with Crippen molar-refractivity contribution in [1.29, 1.82) is 0 Å². The first-order valence-corrected chi connectivity index (χ1v) is 10.6. The summed E-state index contributed by atoms with van der Waals surface area (Å²) < 4.78 is 0. The molecule has 1 fully saturated rings. The zero-order valence-electron chi connectivity index (χ0n) is 17.6. The average Bonchev–Trinajstić information content (AvgIpc) is 3.23. The Bertz CT molecular complexity index is 972. The van der Waals surface area contributed by atoms with Crippen LogP contribution >= 0.6 is 0 Å². The molecular formula is C23H28N6O. The largest absolute Gasteiger partial charge is 0.372 e. The lowest BCUT2D eigenvalue weighted by Gasteiger charge is -2.28. The summed E-state index contributed by atoms with van der Waals surface area (Å²) in [7, 11) is 0. The number of nitrogens with one attached hydrogen (secondary N) is 1. The smallest absolute Gasteiger partial charge is 0.248 e. The van der Waals surface area contributed by atoms with Gasteiger partial charge in [-0.05, 0) is 60.2 Å². The van der Waals surface area contributed by atoms with Gasteiger partial charge in [-0.15, -0.1) is 10.2 Å². The molecule has 0 atom stereocenters. The number of hydrogen-bond acceptors (Lipinski definition) is 5. The maximum absolute atomic E-state index is 12.4. The van der Waals surface area contributed by atoms with Gasteiger partial charge in [0.1, 0.15) is 6.54 Å². The molecular weight excluding hydrogens is 376 g/mol. The van der Waals surface area contributed by atoms with Gasteiger partial charge in [-0.1, -0.05) is 38.1 Å². The zero-order chi connectivity index (χ0) is 20.9. The van der Waals surface area contributed by atoms with E-state index in [0.717, 1.165) is 24.3 Å². The topological polar surface area (TPSA) is 75.9 Å². The number of aromatic nitrogens is 4. The number of nitrogens with zero attached hydrogens (tertiary/aromatic N) is 5. The molecule has 2 aromatic carbocycles. The van der Waals surface area contributed by atoms with Crippen LogP contribution in [0.2, 0.25) is 0 Å². The molecule has 1 saturated heterocycles. The van der Waals surface area contributed by atoms with Crippen LogP contribution in [0.5, 0.6) is 0 Å². The van der Waals surface area contributed by atoms with Crippen LogP contribution < -0.4 is 10.2 Å². The molecule has 0 unspecified atom stereocenters. The number of carbonyl (C=O) groups is 1. The van der Waals surface area contributed by atoms with Gasteiger partial charge in [0, 0.05) is 30.0 Å². The summed E-state index contributed by atoms with van der Waals surface area (Å²) >= 11 is 0. The third kappa shape index (κ3) is 4.84. The lowest BCUT2D eigenvalue weighted by Crippen LogP contribution is -2.29. The van der Waals surface area contributed by atoms with Crippen LogP contribution in [0.15, 0.2) is 48.5 Å². The standard InChI is InChI=1S/C23H28N6O/c1-17(2)18-6-8-19(9-7-18)23-25-27-29(26-23)16-22(30)24-20-10-12-21(13-11-20)28-14-4-3-5-15-28/h6-13,17H,3-5,14-16H2,1-2H3,(H,24,30). The van der Waals surface area contributed by atoms with Crippen molar-refractivity contribution in [3.05, 3.63) is 54.1 Å². The number of anilines is 2. The maximum atomic E-state index is 12.4. The van der Waals surface area contributed by atoms with E-state index in [9.17, 15) is 4.79 Å². The Hall–Kier alpha value is -3.22. The van der Waals surface area contributed by atoms with Gasteiger partial charge >= 0.3 is 0 Å². The fraction of sp³-hybridized carbons (Fsp3) is 0.391. The van der Waals surface area contributed by atoms with E-state index in [1.807, 2.05) is 24.3 Å². The third-order valence-electron chi connectivity index (χ3n) is 5.45. The molecule has 0 bridgehead atoms. The van der Waals surface area contributed by atoms with Gasteiger partial charge in [0.2, 0.25) is 11.7 Å². The molecule has 30 heavy (non-hydrogen) atoms. The Morgan fingerprint density at radius 2 is 1.70 bits per heavy atom. The van der Waals surface area contributed by atoms with Crippen LogP contribution in [0, 0.1) is 0 Å². The van der Waals surface area contributed by atoms with Gasteiger partial charge in [0.25, 0.3) is 0 Å². The Labute approximate surface area is 177 Å². The summed E-state index contributed by atoms with van der Waals surface area (Å²) in [4.78, 5) is 16.1. The summed E-state index contributed by atoms with van der Waals surface area (Å²) in [5.74, 6) is 0.809. The van der Waals surface area contributed by atoms with E-state index < -0.39 is 0 Å². The first kappa shape index (κ1) is 20.1. The molecule has 0 saturated carbocycles. The highest BCUT2D eigenvalue weighted by molar-refractivity contribution is 5.90. The summed E-state index contributed by atoms with van der Waals surface area (Å²) in [6.45, 7) is 6.54. The second kappa shape index (κ2) is 9.07. The number of rotatable bonds is 6. The maximum Gasteiger partial charge on any atom is 0.248 e. The van der Waals surface area contributed by atoms with Crippen LogP contribution in [0.1, 0.15) is 44.6 Å². The number of benzene rings is 2. The van der Waals surface area contributed by atoms with Gasteiger partial charge in [0.15, 0.2) is 0 Å². The van der Waals surface area contributed by atoms with Crippen LogP contribution in [0.4, 0.5) is 11.4 Å². The zero-order valence-corrected chi connectivity index (χ0v) is 17.6. The Balaban J connectivity index is 1.34. The monoisotopic (exact) mass is 404 g/mol. The second-order valence-electron chi connectivity index (χ2n) is 8.06. The molecule has 1 amide bonds. The summed E-state index contributed by atoms with van der Waals surface area (Å²) in [5, 5.41) is 15.3. The van der Waals surface area contributed by atoms with E-state index in [4.69, 9.17) is 0 Å². The van der Waals surface area contributed by atoms with E-state index >= 15 is 0 Å². The van der Waals surface area contributed by atoms with Gasteiger partial charge in [-0.3, -0.25) is 4.79 Å². The first-order valence-electron chi connectivity index (χ1n) is 10.6. The van der Waals surface area contributed by atoms with E-state index in [1.165, 1.54) is 35.3 Å². The van der Waals surface area contributed by atoms with Crippen molar-refractivity contribution in [3.8, 4) is 11.4 Å². The van der Waals surface area contributed by atoms with Crippen molar-refractivity contribution in [2.75, 3.05) is 23.3 Å². The van der Waals surface area contributed by atoms with Crippen LogP contribution in [0.25, 0.3) is 11.4 Å². The van der Waals surface area contributed by atoms with Crippen LogP contribution in [-0.4, -0.2) is 39.2 Å². The van der Waals surface area contributed by atoms with Gasteiger partial charge in [0.05, 0.1) is 0 Å². The average molecular weight is 405 g/mol. The number of carbonyl (C=O) groups excluding carboxylic acids is 1. The molecule has 4 rings (SSSR count). The molecule has 0 spiro atoms. The molecule has 0 radical (unpaired) electrons. The number of tetrazole rings is 1. The lowest BCUT2D eigenvalue weighted by molar-refractivity contribution is -0.117. The fourth-order valence-electron chi connectivity index (χ4n) is 3.68. The second-order valence-corrected chi connectivity index (χ2v) is 8.06. The molecule has 2 heterocycles. The normalized spacial score (nSPS) is 14.2. The molecule has 0 aliphatic carbocycles. The van der Waals surface area contributed by atoms with Crippen molar-refractivity contribution < 1.29 is 4.79 Å². The van der Waals surface area contributed by atoms with Gasteiger partial charge in [-0.2, -0.15) is 4.80 Å². The number of piperidine rings is 1. The van der Waals surface area contributed by atoms with E-state index in [0.29, 0.717) is 11.7 Å². The first-order chi connectivity index (χ1) is 14.6. The highest BCUT2D eigenvalue weighted by atomic mass is 16.2. The minimum absolute atomic E-state index is 0.0188. The Kier molecular flexibility index (Phi) is 6.07. The van der Waals surface area contributed by atoms with Crippen molar-refractivity contribution in [2.45, 2.75) is 45.6 Å². The molecule has 3 aromatic rings. The van der Waals surface area contributed by atoms with E-state index in [1.54, 1.807) is 0 Å². The Morgan fingerprint density at radius 1 is 1.00 bits per heavy atom.